The molecular weight excluding hydrogens is 252 g/mol. The fraction of sp³-hybridized carbons (Fsp3) is 0.375. The van der Waals surface area contributed by atoms with Crippen molar-refractivity contribution >= 4 is 17.0 Å². The van der Waals surface area contributed by atoms with Crippen LogP contribution >= 0.6 is 11.3 Å². The Balaban J connectivity index is 2.01. The van der Waals surface area contributed by atoms with Crippen molar-refractivity contribution in [2.24, 2.45) is 0 Å². The zero-order chi connectivity index (χ0) is 13.9. The van der Waals surface area contributed by atoms with Gasteiger partial charge in [-0.25, -0.2) is 0 Å². The van der Waals surface area contributed by atoms with Crippen molar-refractivity contribution in [3.8, 4) is 0 Å². The molecule has 0 aliphatic carbocycles. The second-order valence-electron chi connectivity index (χ2n) is 5.76. The number of hydrogen-bond acceptors (Lipinski definition) is 3. The average molecular weight is 274 g/mol. The van der Waals surface area contributed by atoms with E-state index in [1.54, 1.807) is 0 Å². The van der Waals surface area contributed by atoms with E-state index in [1.807, 2.05) is 23.5 Å². The van der Waals surface area contributed by atoms with E-state index in [9.17, 15) is 0 Å². The van der Waals surface area contributed by atoms with Crippen molar-refractivity contribution in [1.82, 2.24) is 4.90 Å². The molecule has 0 fully saturated rings. The molecule has 0 aliphatic heterocycles. The molecule has 102 valence electrons. The van der Waals surface area contributed by atoms with E-state index in [-0.39, 0.29) is 5.41 Å². The largest absolute Gasteiger partial charge is 0.399 e. The van der Waals surface area contributed by atoms with E-state index in [2.05, 4.69) is 55.4 Å². The van der Waals surface area contributed by atoms with Crippen LogP contribution in [0.4, 0.5) is 5.69 Å². The number of nitrogen functional groups attached to an aromatic ring is 1. The molecule has 0 bridgehead atoms. The molecule has 2 N–H and O–H groups in total. The smallest absolute Gasteiger partial charge is 0.0325 e. The molecule has 0 amide bonds. The first-order chi connectivity index (χ1) is 8.97. The lowest BCUT2D eigenvalue weighted by atomic mass is 9.84. The zero-order valence-corrected chi connectivity index (χ0v) is 12.7. The van der Waals surface area contributed by atoms with E-state index >= 15 is 0 Å². The van der Waals surface area contributed by atoms with Gasteiger partial charge >= 0.3 is 0 Å². The van der Waals surface area contributed by atoms with Crippen LogP contribution in [0.2, 0.25) is 0 Å². The number of nitrogens with two attached hydrogens (primary N) is 1. The molecule has 0 radical (unpaired) electrons. The van der Waals surface area contributed by atoms with E-state index in [1.165, 1.54) is 10.4 Å². The Bertz CT molecular complexity index is 500. The molecular formula is C16H22N2S. The Labute approximate surface area is 119 Å². The van der Waals surface area contributed by atoms with Crippen LogP contribution in [0.1, 0.15) is 24.3 Å². The molecule has 0 saturated heterocycles. The van der Waals surface area contributed by atoms with Crippen molar-refractivity contribution < 1.29 is 0 Å². The normalized spacial score (nSPS) is 12.0. The fourth-order valence-corrected chi connectivity index (χ4v) is 3.21. The molecule has 3 heteroatoms. The van der Waals surface area contributed by atoms with Crippen LogP contribution in [0, 0.1) is 0 Å². The van der Waals surface area contributed by atoms with Crippen LogP contribution in [0.25, 0.3) is 0 Å². The summed E-state index contributed by atoms with van der Waals surface area (Å²) < 4.78 is 0. The molecule has 2 rings (SSSR count). The monoisotopic (exact) mass is 274 g/mol. The first kappa shape index (κ1) is 14.1. The van der Waals surface area contributed by atoms with Crippen molar-refractivity contribution in [2.75, 3.05) is 19.3 Å². The topological polar surface area (TPSA) is 29.3 Å². The second kappa shape index (κ2) is 5.76. The molecule has 1 aromatic heterocycles. The van der Waals surface area contributed by atoms with Gasteiger partial charge in [0.2, 0.25) is 0 Å². The summed E-state index contributed by atoms with van der Waals surface area (Å²) in [5.74, 6) is 0. The maximum atomic E-state index is 5.75. The van der Waals surface area contributed by atoms with Crippen molar-refractivity contribution in [2.45, 2.75) is 25.8 Å². The number of nitrogens with zero attached hydrogens (tertiary/aromatic N) is 1. The van der Waals surface area contributed by atoms with E-state index in [4.69, 9.17) is 5.73 Å². The van der Waals surface area contributed by atoms with Gasteiger partial charge in [0.1, 0.15) is 0 Å². The van der Waals surface area contributed by atoms with Crippen molar-refractivity contribution in [1.29, 1.82) is 0 Å². The minimum absolute atomic E-state index is 0.125. The molecule has 0 spiro atoms. The number of likely N-dealkylation sites (N-methyl/N-ethyl adjacent to an activating group) is 1. The van der Waals surface area contributed by atoms with Gasteiger partial charge in [-0.15, -0.1) is 11.3 Å². The lowest BCUT2D eigenvalue weighted by Crippen LogP contribution is -2.34. The highest BCUT2D eigenvalue weighted by Gasteiger charge is 2.22. The fourth-order valence-electron chi connectivity index (χ4n) is 2.42. The first-order valence-electron chi connectivity index (χ1n) is 6.54. The van der Waals surface area contributed by atoms with Gasteiger partial charge in [-0.1, -0.05) is 32.0 Å². The summed E-state index contributed by atoms with van der Waals surface area (Å²) >= 11 is 1.82. The van der Waals surface area contributed by atoms with Crippen molar-refractivity contribution in [3.63, 3.8) is 0 Å². The average Bonchev–Trinajstić information content (AvgIpc) is 2.81. The predicted octanol–water partition coefficient (Wildman–Crippen LogP) is 3.74. The van der Waals surface area contributed by atoms with Crippen LogP contribution in [0.3, 0.4) is 0 Å². The Hall–Kier alpha value is -1.32. The van der Waals surface area contributed by atoms with E-state index < -0.39 is 0 Å². The van der Waals surface area contributed by atoms with Crippen LogP contribution in [0.15, 0.2) is 41.8 Å². The maximum Gasteiger partial charge on any atom is 0.0325 e. The Kier molecular flexibility index (Phi) is 4.27. The summed E-state index contributed by atoms with van der Waals surface area (Å²) in [4.78, 5) is 3.79. The maximum absolute atomic E-state index is 5.75. The second-order valence-corrected chi connectivity index (χ2v) is 6.79. The van der Waals surface area contributed by atoms with Crippen LogP contribution in [-0.4, -0.2) is 18.5 Å². The molecule has 0 atom stereocenters. The summed E-state index contributed by atoms with van der Waals surface area (Å²) in [7, 11) is 2.18. The number of anilines is 1. The zero-order valence-electron chi connectivity index (χ0n) is 11.9. The Morgan fingerprint density at radius 1 is 1.16 bits per heavy atom. The number of hydrogen-bond donors (Lipinski definition) is 1. The van der Waals surface area contributed by atoms with Crippen LogP contribution in [-0.2, 0) is 12.0 Å². The number of rotatable bonds is 5. The molecule has 0 unspecified atom stereocenters. The highest BCUT2D eigenvalue weighted by molar-refractivity contribution is 7.09. The van der Waals surface area contributed by atoms with E-state index in [0.29, 0.717) is 0 Å². The summed E-state index contributed by atoms with van der Waals surface area (Å²) in [6.07, 6.45) is 0. The Morgan fingerprint density at radius 2 is 1.84 bits per heavy atom. The molecule has 1 aromatic carbocycles. The molecule has 0 saturated carbocycles. The lowest BCUT2D eigenvalue weighted by molar-refractivity contribution is 0.263. The third-order valence-corrected chi connectivity index (χ3v) is 4.22. The van der Waals surface area contributed by atoms with Crippen LogP contribution < -0.4 is 5.73 Å². The first-order valence-corrected chi connectivity index (χ1v) is 7.42. The summed E-state index contributed by atoms with van der Waals surface area (Å²) in [5.41, 5.74) is 8.04. The van der Waals surface area contributed by atoms with Gasteiger partial charge in [-0.2, -0.15) is 0 Å². The highest BCUT2D eigenvalue weighted by atomic mass is 32.1. The SMILES string of the molecule is CN(Cc1cccs1)CC(C)(C)c1ccc(N)cc1. The van der Waals surface area contributed by atoms with E-state index in [0.717, 1.165) is 18.8 Å². The Morgan fingerprint density at radius 3 is 2.42 bits per heavy atom. The van der Waals surface area contributed by atoms with Crippen molar-refractivity contribution in [3.05, 3.63) is 52.2 Å². The van der Waals surface area contributed by atoms with Gasteiger partial charge < -0.3 is 10.6 Å². The van der Waals surface area contributed by atoms with Gasteiger partial charge in [0, 0.05) is 29.1 Å². The molecule has 1 heterocycles. The van der Waals surface area contributed by atoms with Gasteiger partial charge in [-0.3, -0.25) is 0 Å². The minimum Gasteiger partial charge on any atom is -0.399 e. The third-order valence-electron chi connectivity index (χ3n) is 3.36. The van der Waals surface area contributed by atoms with Crippen LogP contribution in [0.5, 0.6) is 0 Å². The van der Waals surface area contributed by atoms with Gasteiger partial charge in [-0.05, 0) is 36.2 Å². The molecule has 19 heavy (non-hydrogen) atoms. The van der Waals surface area contributed by atoms with Gasteiger partial charge in [0.05, 0.1) is 0 Å². The number of thiophene rings is 1. The highest BCUT2D eigenvalue weighted by Crippen LogP contribution is 2.25. The quantitative estimate of drug-likeness (QED) is 0.842. The lowest BCUT2D eigenvalue weighted by Gasteiger charge is -2.30. The summed E-state index contributed by atoms with van der Waals surface area (Å²) in [5, 5.41) is 2.13. The summed E-state index contributed by atoms with van der Waals surface area (Å²) in [6, 6.07) is 12.5. The van der Waals surface area contributed by atoms with Gasteiger partial charge in [0.25, 0.3) is 0 Å². The molecule has 2 nitrogen and oxygen atoms in total. The molecule has 2 aromatic rings. The standard InChI is InChI=1S/C16H22N2S/c1-16(2,13-6-8-14(17)9-7-13)12-18(3)11-15-5-4-10-19-15/h4-10H,11-12,17H2,1-3H3. The number of benzene rings is 1. The third kappa shape index (κ3) is 3.82. The minimum atomic E-state index is 0.125. The van der Waals surface area contributed by atoms with Gasteiger partial charge in [0.15, 0.2) is 0 Å². The summed E-state index contributed by atoms with van der Waals surface area (Å²) in [6.45, 7) is 6.60. The predicted molar refractivity (Wildman–Crippen MR) is 84.5 cm³/mol. The molecule has 0 aliphatic rings.